The smallest absolute Gasteiger partial charge is 0.226 e. The lowest BCUT2D eigenvalue weighted by atomic mass is 9.88. The normalized spacial score (nSPS) is 13.6. The lowest BCUT2D eigenvalue weighted by Gasteiger charge is -2.16. The average molecular weight is 364 g/mol. The van der Waals surface area contributed by atoms with Gasteiger partial charge in [0.2, 0.25) is 5.78 Å². The minimum absolute atomic E-state index is 0.432. The predicted octanol–water partition coefficient (Wildman–Crippen LogP) is 6.19. The van der Waals surface area contributed by atoms with Crippen molar-refractivity contribution in [2.24, 2.45) is 0 Å². The number of hydrogen-bond donors (Lipinski definition) is 0. The molecule has 4 aromatic rings. The van der Waals surface area contributed by atoms with Crippen molar-refractivity contribution in [3.63, 3.8) is 0 Å². The second kappa shape index (κ2) is 6.13. The van der Waals surface area contributed by atoms with Gasteiger partial charge >= 0.3 is 0 Å². The highest BCUT2D eigenvalue weighted by Crippen LogP contribution is 2.35. The first-order valence-corrected chi connectivity index (χ1v) is 9.64. The summed E-state index contributed by atoms with van der Waals surface area (Å²) in [6, 6.07) is 16.9. The molecule has 0 spiro atoms. The number of ketones is 1. The summed E-state index contributed by atoms with van der Waals surface area (Å²) < 4.78 is 0. The maximum atomic E-state index is 12.6. The minimum Gasteiger partial charge on any atom is -0.294 e. The van der Waals surface area contributed by atoms with E-state index in [0.717, 1.165) is 50.7 Å². The van der Waals surface area contributed by atoms with Crippen LogP contribution in [0.5, 0.6) is 0 Å². The van der Waals surface area contributed by atoms with Crippen molar-refractivity contribution in [2.45, 2.75) is 26.7 Å². The second-order valence-corrected chi connectivity index (χ2v) is 7.92. The monoisotopic (exact) mass is 364 g/mol. The number of allylic oxidation sites excluding steroid dienone is 1. The van der Waals surface area contributed by atoms with Crippen LogP contribution in [-0.4, -0.2) is 12.1 Å². The van der Waals surface area contributed by atoms with Gasteiger partial charge in [0, 0.05) is 5.56 Å². The van der Waals surface area contributed by atoms with Crippen molar-refractivity contribution in [3.8, 4) is 0 Å². The van der Waals surface area contributed by atoms with Gasteiger partial charge < -0.3 is 0 Å². The van der Waals surface area contributed by atoms with Gasteiger partial charge in [0.25, 0.3) is 0 Å². The molecule has 0 bridgehead atoms. The Bertz CT molecular complexity index is 1360. The van der Waals surface area contributed by atoms with Gasteiger partial charge in [-0.2, -0.15) is 0 Å². The number of carbonyl (C=O) groups is 2. The highest BCUT2D eigenvalue weighted by molar-refractivity contribution is 6.40. The summed E-state index contributed by atoms with van der Waals surface area (Å²) in [6.45, 7) is 4.18. The molecule has 0 aromatic heterocycles. The number of fused-ring (bicyclic) bond motifs is 4. The van der Waals surface area contributed by atoms with Crippen molar-refractivity contribution in [3.05, 3.63) is 76.4 Å². The number of aryl methyl sites for hydroxylation is 2. The molecule has 0 radical (unpaired) electrons. The molecule has 0 amide bonds. The van der Waals surface area contributed by atoms with E-state index in [9.17, 15) is 9.59 Å². The quantitative estimate of drug-likeness (QED) is 0.184. The van der Waals surface area contributed by atoms with Crippen LogP contribution in [0.15, 0.2) is 54.1 Å². The summed E-state index contributed by atoms with van der Waals surface area (Å²) in [5, 5.41) is 5.95. The second-order valence-electron chi connectivity index (χ2n) is 7.92. The van der Waals surface area contributed by atoms with E-state index in [4.69, 9.17) is 0 Å². The van der Waals surface area contributed by atoms with Crippen LogP contribution < -0.4 is 0 Å². The van der Waals surface area contributed by atoms with Gasteiger partial charge in [0.15, 0.2) is 6.29 Å². The number of aldehydes is 1. The Kier molecular flexibility index (Phi) is 3.70. The van der Waals surface area contributed by atoms with E-state index in [2.05, 4.69) is 43.3 Å². The molecule has 28 heavy (non-hydrogen) atoms. The van der Waals surface area contributed by atoms with E-state index in [1.807, 2.05) is 25.1 Å². The third-order valence-electron chi connectivity index (χ3n) is 5.87. The van der Waals surface area contributed by atoms with Crippen LogP contribution in [0.2, 0.25) is 0 Å². The largest absolute Gasteiger partial charge is 0.294 e. The molecule has 0 fully saturated rings. The first-order chi connectivity index (χ1) is 13.5. The molecule has 4 aromatic carbocycles. The first kappa shape index (κ1) is 16.9. The minimum atomic E-state index is -0.461. The van der Waals surface area contributed by atoms with Gasteiger partial charge in [-0.15, -0.1) is 0 Å². The standard InChI is InChI=1S/C26H20O2/c1-15-3-5-17-9-21-13-24-22(12-20(21)11-19(17)7-15)10-18-6-4-16(2)8-23(18)26(24)25(28)14-27/h4,6-14H,3,5H2,1-2H3. The van der Waals surface area contributed by atoms with Gasteiger partial charge in [-0.25, -0.2) is 0 Å². The lowest BCUT2D eigenvalue weighted by molar-refractivity contribution is -0.104. The highest BCUT2D eigenvalue weighted by Gasteiger charge is 2.16. The summed E-state index contributed by atoms with van der Waals surface area (Å²) in [5.74, 6) is -0.461. The number of Topliss-reactive ketones (excluding diaryl/α,β-unsaturated/α-hetero) is 1. The van der Waals surface area contributed by atoms with Crippen LogP contribution in [-0.2, 0) is 11.2 Å². The van der Waals surface area contributed by atoms with E-state index in [0.29, 0.717) is 11.8 Å². The maximum absolute atomic E-state index is 12.6. The molecule has 0 saturated carbocycles. The summed E-state index contributed by atoms with van der Waals surface area (Å²) in [6.07, 6.45) is 4.84. The number of carbonyl (C=O) groups excluding carboxylic acids is 2. The molecule has 0 N–H and O–H groups in total. The zero-order valence-electron chi connectivity index (χ0n) is 16.0. The molecular weight excluding hydrogens is 344 g/mol. The van der Waals surface area contributed by atoms with Gasteiger partial charge in [-0.3, -0.25) is 9.59 Å². The Hall–Kier alpha value is -3.26. The van der Waals surface area contributed by atoms with Crippen LogP contribution in [0.4, 0.5) is 0 Å². The fraction of sp³-hybridized carbons (Fsp3) is 0.154. The molecule has 2 nitrogen and oxygen atoms in total. The molecule has 0 saturated heterocycles. The first-order valence-electron chi connectivity index (χ1n) is 9.64. The van der Waals surface area contributed by atoms with E-state index in [-0.39, 0.29) is 0 Å². The van der Waals surface area contributed by atoms with E-state index in [1.165, 1.54) is 16.7 Å². The molecule has 2 heteroatoms. The molecular formula is C26H20O2. The van der Waals surface area contributed by atoms with Crippen molar-refractivity contribution >= 4 is 50.5 Å². The van der Waals surface area contributed by atoms with Gasteiger partial charge in [0.1, 0.15) is 0 Å². The Morgan fingerprint density at radius 1 is 0.821 bits per heavy atom. The van der Waals surface area contributed by atoms with Gasteiger partial charge in [-0.1, -0.05) is 41.5 Å². The molecule has 0 unspecified atom stereocenters. The summed E-state index contributed by atoms with van der Waals surface area (Å²) in [5.41, 5.74) is 5.63. The average Bonchev–Trinajstić information content (AvgIpc) is 2.68. The van der Waals surface area contributed by atoms with E-state index < -0.39 is 5.78 Å². The Balaban J connectivity index is 1.91. The van der Waals surface area contributed by atoms with E-state index >= 15 is 0 Å². The highest BCUT2D eigenvalue weighted by atomic mass is 16.2. The van der Waals surface area contributed by atoms with Crippen LogP contribution in [0.3, 0.4) is 0 Å². The number of benzene rings is 4. The zero-order chi connectivity index (χ0) is 19.4. The summed E-state index contributed by atoms with van der Waals surface area (Å²) in [4.78, 5) is 24.0. The zero-order valence-corrected chi connectivity index (χ0v) is 16.0. The van der Waals surface area contributed by atoms with Crippen molar-refractivity contribution in [1.82, 2.24) is 0 Å². The third-order valence-corrected chi connectivity index (χ3v) is 5.87. The Morgan fingerprint density at radius 2 is 1.57 bits per heavy atom. The van der Waals surface area contributed by atoms with Crippen molar-refractivity contribution < 1.29 is 9.59 Å². The maximum Gasteiger partial charge on any atom is 0.226 e. The topological polar surface area (TPSA) is 34.1 Å². The molecule has 1 aliphatic rings. The van der Waals surface area contributed by atoms with Crippen LogP contribution in [0.25, 0.3) is 38.4 Å². The number of rotatable bonds is 2. The van der Waals surface area contributed by atoms with Gasteiger partial charge in [-0.05, 0) is 94.4 Å². The van der Waals surface area contributed by atoms with Crippen LogP contribution in [0.1, 0.15) is 40.4 Å². The Morgan fingerprint density at radius 3 is 2.39 bits per heavy atom. The van der Waals surface area contributed by atoms with Crippen LogP contribution in [0, 0.1) is 6.92 Å². The molecule has 0 aliphatic heterocycles. The Labute approximate surface area is 163 Å². The fourth-order valence-corrected chi connectivity index (χ4v) is 4.44. The summed E-state index contributed by atoms with van der Waals surface area (Å²) in [7, 11) is 0. The summed E-state index contributed by atoms with van der Waals surface area (Å²) >= 11 is 0. The van der Waals surface area contributed by atoms with Crippen molar-refractivity contribution in [1.29, 1.82) is 0 Å². The predicted molar refractivity (Wildman–Crippen MR) is 116 cm³/mol. The SMILES string of the molecule is CC1=Cc2cc3cc4cc5ccc(C)cc5c(C(=O)C=O)c4cc3cc2CC1. The van der Waals surface area contributed by atoms with Gasteiger partial charge in [0.05, 0.1) is 0 Å². The molecule has 0 atom stereocenters. The lowest BCUT2D eigenvalue weighted by Crippen LogP contribution is -2.03. The van der Waals surface area contributed by atoms with E-state index in [1.54, 1.807) is 0 Å². The number of hydrogen-bond acceptors (Lipinski definition) is 2. The molecule has 0 heterocycles. The third kappa shape index (κ3) is 2.56. The molecule has 1 aliphatic carbocycles. The fourth-order valence-electron chi connectivity index (χ4n) is 4.44. The molecule has 136 valence electrons. The van der Waals surface area contributed by atoms with Crippen LogP contribution >= 0.6 is 0 Å². The van der Waals surface area contributed by atoms with Crippen molar-refractivity contribution in [2.75, 3.05) is 0 Å². The molecule has 5 rings (SSSR count).